The minimum Gasteiger partial charge on any atom is -0.481 e. The molecule has 7 heteroatoms. The molecule has 1 aromatic carbocycles. The topological polar surface area (TPSA) is 110 Å². The molecule has 0 unspecified atom stereocenters. The quantitative estimate of drug-likeness (QED) is 0.502. The molecule has 1 fully saturated rings. The highest BCUT2D eigenvalue weighted by Gasteiger charge is 2.51. The predicted molar refractivity (Wildman–Crippen MR) is 77.1 cm³/mol. The molecule has 3 rings (SSSR count). The van der Waals surface area contributed by atoms with Crippen molar-refractivity contribution in [2.45, 2.75) is 6.42 Å². The fourth-order valence-electron chi connectivity index (χ4n) is 3.41. The summed E-state index contributed by atoms with van der Waals surface area (Å²) in [6, 6.07) is 5.47. The van der Waals surface area contributed by atoms with E-state index in [1.807, 2.05) is 12.2 Å². The Morgan fingerprint density at radius 1 is 1.14 bits per heavy atom. The van der Waals surface area contributed by atoms with Gasteiger partial charge in [0.2, 0.25) is 5.91 Å². The molecule has 114 valence electrons. The summed E-state index contributed by atoms with van der Waals surface area (Å²) in [6.45, 7) is 0. The Bertz CT molecular complexity index is 667. The predicted octanol–water partition coefficient (Wildman–Crippen LogP) is 2.06. The molecule has 7 nitrogen and oxygen atoms in total. The number of anilines is 1. The molecule has 2 N–H and O–H groups in total. The Morgan fingerprint density at radius 3 is 2.27 bits per heavy atom. The Balaban J connectivity index is 1.75. The fourth-order valence-corrected chi connectivity index (χ4v) is 3.41. The molecule has 4 atom stereocenters. The third kappa shape index (κ3) is 2.34. The number of amides is 1. The molecule has 0 aromatic heterocycles. The molecule has 0 spiro atoms. The normalized spacial score (nSPS) is 28.5. The van der Waals surface area contributed by atoms with E-state index in [0.717, 1.165) is 0 Å². The van der Waals surface area contributed by atoms with Crippen LogP contribution in [0.2, 0.25) is 0 Å². The summed E-state index contributed by atoms with van der Waals surface area (Å²) in [7, 11) is 0. The number of carboxylic acid groups (broad SMARTS) is 1. The number of carbonyl (C=O) groups is 2. The number of rotatable bonds is 4. The first-order valence-corrected chi connectivity index (χ1v) is 6.94. The van der Waals surface area contributed by atoms with Crippen LogP contribution in [0.25, 0.3) is 0 Å². The number of carboxylic acids is 1. The summed E-state index contributed by atoms with van der Waals surface area (Å²) in [4.78, 5) is 33.9. The number of non-ortho nitro benzene ring substituents is 1. The van der Waals surface area contributed by atoms with E-state index in [4.69, 9.17) is 0 Å². The lowest BCUT2D eigenvalue weighted by Gasteiger charge is -2.23. The highest BCUT2D eigenvalue weighted by Crippen LogP contribution is 2.48. The van der Waals surface area contributed by atoms with E-state index in [1.165, 1.54) is 24.3 Å². The number of benzene rings is 1. The lowest BCUT2D eigenvalue weighted by molar-refractivity contribution is -0.384. The molecule has 2 aliphatic rings. The van der Waals surface area contributed by atoms with E-state index in [9.17, 15) is 24.8 Å². The number of nitrogens with zero attached hydrogens (tertiary/aromatic N) is 1. The molecule has 2 bridgehead atoms. The highest BCUT2D eigenvalue weighted by molar-refractivity contribution is 5.96. The molecule has 1 amide bonds. The van der Waals surface area contributed by atoms with Gasteiger partial charge >= 0.3 is 5.97 Å². The Labute approximate surface area is 125 Å². The van der Waals surface area contributed by atoms with Gasteiger partial charge < -0.3 is 10.4 Å². The number of hydrogen-bond acceptors (Lipinski definition) is 4. The van der Waals surface area contributed by atoms with E-state index >= 15 is 0 Å². The second kappa shape index (κ2) is 5.25. The van der Waals surface area contributed by atoms with Crippen LogP contribution >= 0.6 is 0 Å². The lowest BCUT2D eigenvalue weighted by atomic mass is 9.82. The van der Waals surface area contributed by atoms with Gasteiger partial charge in [0, 0.05) is 17.8 Å². The summed E-state index contributed by atoms with van der Waals surface area (Å²) in [5.41, 5.74) is 0.357. The molecule has 0 radical (unpaired) electrons. The molecular weight excluding hydrogens is 288 g/mol. The van der Waals surface area contributed by atoms with Gasteiger partial charge in [-0.3, -0.25) is 19.7 Å². The van der Waals surface area contributed by atoms with Crippen molar-refractivity contribution in [3.63, 3.8) is 0 Å². The van der Waals surface area contributed by atoms with Gasteiger partial charge in [0.05, 0.1) is 16.8 Å². The third-order valence-corrected chi connectivity index (χ3v) is 4.39. The van der Waals surface area contributed by atoms with Crippen molar-refractivity contribution in [1.82, 2.24) is 0 Å². The van der Waals surface area contributed by atoms with Crippen molar-refractivity contribution in [2.24, 2.45) is 23.7 Å². The summed E-state index contributed by atoms with van der Waals surface area (Å²) in [6.07, 6.45) is 4.47. The Morgan fingerprint density at radius 2 is 1.73 bits per heavy atom. The monoisotopic (exact) mass is 302 g/mol. The Hall–Kier alpha value is -2.70. The van der Waals surface area contributed by atoms with Crippen molar-refractivity contribution in [3.05, 3.63) is 46.5 Å². The number of carbonyl (C=O) groups excluding carboxylic acids is 1. The summed E-state index contributed by atoms with van der Waals surface area (Å²) >= 11 is 0. The van der Waals surface area contributed by atoms with Crippen LogP contribution in [0.3, 0.4) is 0 Å². The maximum Gasteiger partial charge on any atom is 0.307 e. The van der Waals surface area contributed by atoms with Crippen LogP contribution in [0.4, 0.5) is 11.4 Å². The van der Waals surface area contributed by atoms with Crippen molar-refractivity contribution in [3.8, 4) is 0 Å². The van der Waals surface area contributed by atoms with Gasteiger partial charge in [-0.05, 0) is 30.4 Å². The van der Waals surface area contributed by atoms with Crippen LogP contribution < -0.4 is 5.32 Å². The molecular formula is C15H14N2O5. The van der Waals surface area contributed by atoms with Gasteiger partial charge in [0.1, 0.15) is 0 Å². The summed E-state index contributed by atoms with van der Waals surface area (Å²) in [5, 5.41) is 22.6. The third-order valence-electron chi connectivity index (χ3n) is 4.39. The standard InChI is InChI=1S/C15H14N2O5/c18-14(16-10-3-5-11(6-4-10)17(21)22)12-8-1-2-9(7-8)13(12)15(19)20/h1-6,8-9,12-13H,7H2,(H,16,18)(H,19,20)/t8-,9+,12+,13+/m0/s1. The van der Waals surface area contributed by atoms with Crippen molar-refractivity contribution >= 4 is 23.3 Å². The van der Waals surface area contributed by atoms with Crippen molar-refractivity contribution in [2.75, 3.05) is 5.32 Å². The largest absolute Gasteiger partial charge is 0.481 e. The van der Waals surface area contributed by atoms with Crippen LogP contribution in [-0.2, 0) is 9.59 Å². The van der Waals surface area contributed by atoms with Gasteiger partial charge in [0.25, 0.3) is 5.69 Å². The van der Waals surface area contributed by atoms with Crippen LogP contribution in [0.5, 0.6) is 0 Å². The molecule has 1 aromatic rings. The summed E-state index contributed by atoms with van der Waals surface area (Å²) in [5.74, 6) is -2.74. The van der Waals surface area contributed by atoms with Gasteiger partial charge in [-0.25, -0.2) is 0 Å². The highest BCUT2D eigenvalue weighted by atomic mass is 16.6. The smallest absolute Gasteiger partial charge is 0.307 e. The minimum atomic E-state index is -0.958. The van der Waals surface area contributed by atoms with Crippen LogP contribution in [0.15, 0.2) is 36.4 Å². The molecule has 22 heavy (non-hydrogen) atoms. The van der Waals surface area contributed by atoms with E-state index in [1.54, 1.807) is 0 Å². The average molecular weight is 302 g/mol. The molecule has 2 aliphatic carbocycles. The van der Waals surface area contributed by atoms with Gasteiger partial charge in [-0.1, -0.05) is 12.2 Å². The number of aliphatic carboxylic acids is 1. The van der Waals surface area contributed by atoms with Crippen LogP contribution in [0.1, 0.15) is 6.42 Å². The number of nitro groups is 1. The van der Waals surface area contributed by atoms with Crippen molar-refractivity contribution in [1.29, 1.82) is 0 Å². The number of fused-ring (bicyclic) bond motifs is 2. The van der Waals surface area contributed by atoms with E-state index in [2.05, 4.69) is 5.32 Å². The van der Waals surface area contributed by atoms with Crippen LogP contribution in [0, 0.1) is 33.8 Å². The fraction of sp³-hybridized carbons (Fsp3) is 0.333. The van der Waals surface area contributed by atoms with Gasteiger partial charge in [-0.2, -0.15) is 0 Å². The molecule has 0 aliphatic heterocycles. The zero-order chi connectivity index (χ0) is 15.9. The lowest BCUT2D eigenvalue weighted by Crippen LogP contribution is -2.36. The minimum absolute atomic E-state index is 0.0517. The second-order valence-corrected chi connectivity index (χ2v) is 5.63. The number of nitro benzene ring substituents is 1. The zero-order valence-electron chi connectivity index (χ0n) is 11.5. The average Bonchev–Trinajstić information content (AvgIpc) is 3.08. The van der Waals surface area contributed by atoms with Gasteiger partial charge in [-0.15, -0.1) is 0 Å². The number of nitrogens with one attached hydrogen (secondary N) is 1. The van der Waals surface area contributed by atoms with E-state index in [-0.39, 0.29) is 23.4 Å². The molecule has 1 saturated carbocycles. The zero-order valence-corrected chi connectivity index (χ0v) is 11.5. The number of hydrogen-bond donors (Lipinski definition) is 2. The molecule has 0 heterocycles. The van der Waals surface area contributed by atoms with E-state index in [0.29, 0.717) is 12.1 Å². The maximum atomic E-state index is 12.4. The SMILES string of the molecule is O=C(O)[C@H]1[C@H](C(=O)Nc2ccc([N+](=O)[O-])cc2)[C@H]2C=C[C@@H]1C2. The first-order chi connectivity index (χ1) is 10.5. The number of allylic oxidation sites excluding steroid dienone is 2. The second-order valence-electron chi connectivity index (χ2n) is 5.63. The first-order valence-electron chi connectivity index (χ1n) is 6.94. The Kier molecular flexibility index (Phi) is 3.40. The molecule has 0 saturated heterocycles. The maximum absolute atomic E-state index is 12.4. The first kappa shape index (κ1) is 14.2. The van der Waals surface area contributed by atoms with Gasteiger partial charge in [0.15, 0.2) is 0 Å². The van der Waals surface area contributed by atoms with Crippen molar-refractivity contribution < 1.29 is 19.6 Å². The van der Waals surface area contributed by atoms with E-state index < -0.39 is 22.7 Å². The summed E-state index contributed by atoms with van der Waals surface area (Å²) < 4.78 is 0. The van der Waals surface area contributed by atoms with Crippen LogP contribution in [-0.4, -0.2) is 21.9 Å².